The van der Waals surface area contributed by atoms with Crippen LogP contribution < -0.4 is 0 Å². The van der Waals surface area contributed by atoms with Crippen LogP contribution in [0.15, 0.2) is 72.8 Å². The van der Waals surface area contributed by atoms with Gasteiger partial charge in [0, 0.05) is 30.1 Å². The molecule has 4 nitrogen and oxygen atoms in total. The summed E-state index contributed by atoms with van der Waals surface area (Å²) < 4.78 is 13.3. The lowest BCUT2D eigenvalue weighted by atomic mass is 9.83. The minimum Gasteiger partial charge on any atom is -0.313 e. The second-order valence-corrected chi connectivity index (χ2v) is 8.40. The molecule has 0 saturated carbocycles. The maximum absolute atomic E-state index is 13.5. The van der Waals surface area contributed by atoms with Gasteiger partial charge in [0.1, 0.15) is 11.5 Å². The molecule has 31 heavy (non-hydrogen) atoms. The molecule has 2 heterocycles. The molecule has 156 valence electrons. The molecule has 1 atom stereocenters. The molecule has 0 radical (unpaired) electrons. The molecule has 3 aromatic carbocycles. The zero-order chi connectivity index (χ0) is 21.6. The van der Waals surface area contributed by atoms with Gasteiger partial charge in [-0.3, -0.25) is 9.59 Å². The molecule has 1 fully saturated rings. The number of hydrogen-bond acceptors (Lipinski definition) is 2. The minimum absolute atomic E-state index is 0.0751. The van der Waals surface area contributed by atoms with E-state index in [0.29, 0.717) is 30.1 Å². The summed E-state index contributed by atoms with van der Waals surface area (Å²) in [6.07, 6.45) is 0.644. The third kappa shape index (κ3) is 3.20. The highest BCUT2D eigenvalue weighted by Gasteiger charge is 2.55. The largest absolute Gasteiger partial charge is 0.313 e. The number of carbonyl (C=O) groups excluding carboxylic acids is 2. The molecule has 2 aliphatic heterocycles. The molecule has 0 aliphatic carbocycles. The smallest absolute Gasteiger partial charge is 0.256 e. The van der Waals surface area contributed by atoms with Crippen molar-refractivity contribution < 1.29 is 14.0 Å². The second kappa shape index (κ2) is 7.50. The fourth-order valence-corrected chi connectivity index (χ4v) is 4.93. The number of rotatable bonds is 3. The summed E-state index contributed by atoms with van der Waals surface area (Å²) in [5, 5.41) is 0.594. The quantitative estimate of drug-likeness (QED) is 0.612. The SMILES string of the molecule is O=C(Cc1ccc(F)cc1)N1CCN2C(=O)c3ccccc3CC12c1ccc(Cl)cc1. The lowest BCUT2D eigenvalue weighted by Crippen LogP contribution is -2.58. The summed E-state index contributed by atoms with van der Waals surface area (Å²) in [4.78, 5) is 30.5. The van der Waals surface area contributed by atoms with Crippen molar-refractivity contribution in [3.63, 3.8) is 0 Å². The third-order valence-corrected chi connectivity index (χ3v) is 6.50. The Morgan fingerprint density at radius 2 is 1.68 bits per heavy atom. The third-order valence-electron chi connectivity index (χ3n) is 6.25. The average molecular weight is 435 g/mol. The summed E-state index contributed by atoms with van der Waals surface area (Å²) in [5.74, 6) is -0.513. The van der Waals surface area contributed by atoms with Gasteiger partial charge in [0.15, 0.2) is 0 Å². The van der Waals surface area contributed by atoms with E-state index in [0.717, 1.165) is 16.7 Å². The molecule has 1 saturated heterocycles. The first kappa shape index (κ1) is 19.8. The van der Waals surface area contributed by atoms with Gasteiger partial charge in [0.25, 0.3) is 5.91 Å². The van der Waals surface area contributed by atoms with Crippen LogP contribution in [0, 0.1) is 5.82 Å². The fraction of sp³-hybridized carbons (Fsp3) is 0.200. The molecule has 0 aromatic heterocycles. The van der Waals surface area contributed by atoms with Gasteiger partial charge in [-0.05, 0) is 47.0 Å². The van der Waals surface area contributed by atoms with Crippen LogP contribution in [0.2, 0.25) is 5.02 Å². The van der Waals surface area contributed by atoms with E-state index in [9.17, 15) is 14.0 Å². The van der Waals surface area contributed by atoms with Gasteiger partial charge >= 0.3 is 0 Å². The van der Waals surface area contributed by atoms with Crippen LogP contribution >= 0.6 is 11.6 Å². The van der Waals surface area contributed by atoms with Gasteiger partial charge in [-0.2, -0.15) is 0 Å². The van der Waals surface area contributed by atoms with Crippen LogP contribution in [0.5, 0.6) is 0 Å². The normalized spacial score (nSPS) is 19.9. The van der Waals surface area contributed by atoms with Crippen molar-refractivity contribution in [2.75, 3.05) is 13.1 Å². The lowest BCUT2D eigenvalue weighted by Gasteiger charge is -2.47. The summed E-state index contributed by atoms with van der Waals surface area (Å²) in [5.41, 5.74) is 2.27. The maximum atomic E-state index is 13.5. The summed E-state index contributed by atoms with van der Waals surface area (Å²) in [7, 11) is 0. The highest BCUT2D eigenvalue weighted by atomic mass is 35.5. The van der Waals surface area contributed by atoms with E-state index in [-0.39, 0.29) is 24.1 Å². The topological polar surface area (TPSA) is 40.6 Å². The predicted octanol–water partition coefficient (Wildman–Crippen LogP) is 4.42. The molecule has 6 heteroatoms. The van der Waals surface area contributed by atoms with Crippen LogP contribution in [-0.2, 0) is 23.3 Å². The summed E-state index contributed by atoms with van der Waals surface area (Å²) in [6.45, 7) is 0.882. The molecule has 0 bridgehead atoms. The van der Waals surface area contributed by atoms with Crippen LogP contribution in [0.1, 0.15) is 27.0 Å². The zero-order valence-electron chi connectivity index (χ0n) is 16.7. The minimum atomic E-state index is -0.910. The molecule has 5 rings (SSSR count). The first-order chi connectivity index (χ1) is 15.0. The maximum Gasteiger partial charge on any atom is 0.256 e. The van der Waals surface area contributed by atoms with Gasteiger partial charge < -0.3 is 9.80 Å². The summed E-state index contributed by atoms with van der Waals surface area (Å²) in [6, 6.07) is 20.9. The Hall–Kier alpha value is -3.18. The molecular formula is C25H20ClFN2O2. The van der Waals surface area contributed by atoms with E-state index >= 15 is 0 Å². The monoisotopic (exact) mass is 434 g/mol. The Morgan fingerprint density at radius 3 is 2.42 bits per heavy atom. The van der Waals surface area contributed by atoms with Crippen LogP contribution in [0.4, 0.5) is 4.39 Å². The van der Waals surface area contributed by atoms with Crippen molar-refractivity contribution in [2.45, 2.75) is 18.5 Å². The van der Waals surface area contributed by atoms with E-state index in [4.69, 9.17) is 11.6 Å². The van der Waals surface area contributed by atoms with Crippen molar-refractivity contribution in [3.8, 4) is 0 Å². The molecule has 2 aliphatic rings. The van der Waals surface area contributed by atoms with Crippen LogP contribution in [-0.4, -0.2) is 34.7 Å². The van der Waals surface area contributed by atoms with Crippen LogP contribution in [0.25, 0.3) is 0 Å². The molecule has 1 unspecified atom stereocenters. The molecule has 0 N–H and O–H groups in total. The number of carbonyl (C=O) groups is 2. The van der Waals surface area contributed by atoms with Crippen molar-refractivity contribution in [2.24, 2.45) is 0 Å². The van der Waals surface area contributed by atoms with Crippen LogP contribution in [0.3, 0.4) is 0 Å². The number of halogens is 2. The number of amides is 2. The molecule has 0 spiro atoms. The van der Waals surface area contributed by atoms with E-state index < -0.39 is 5.66 Å². The lowest BCUT2D eigenvalue weighted by molar-refractivity contribution is -0.138. The average Bonchev–Trinajstić information content (AvgIpc) is 3.17. The first-order valence-corrected chi connectivity index (χ1v) is 10.6. The molecule has 2 amide bonds. The Labute approximate surface area is 184 Å². The summed E-state index contributed by atoms with van der Waals surface area (Å²) >= 11 is 6.13. The van der Waals surface area contributed by atoms with E-state index in [2.05, 4.69) is 0 Å². The highest BCUT2D eigenvalue weighted by Crippen LogP contribution is 2.45. The Bertz CT molecular complexity index is 1160. The highest BCUT2D eigenvalue weighted by molar-refractivity contribution is 6.30. The Morgan fingerprint density at radius 1 is 0.968 bits per heavy atom. The second-order valence-electron chi connectivity index (χ2n) is 7.96. The first-order valence-electron chi connectivity index (χ1n) is 10.2. The number of benzene rings is 3. The predicted molar refractivity (Wildman–Crippen MR) is 116 cm³/mol. The Kier molecular flexibility index (Phi) is 4.78. The van der Waals surface area contributed by atoms with E-state index in [1.54, 1.807) is 34.1 Å². The number of hydrogen-bond donors (Lipinski definition) is 0. The van der Waals surface area contributed by atoms with Gasteiger partial charge in [-0.15, -0.1) is 0 Å². The molecular weight excluding hydrogens is 415 g/mol. The van der Waals surface area contributed by atoms with Gasteiger partial charge in [-0.1, -0.05) is 54.1 Å². The number of nitrogens with zero attached hydrogens (tertiary/aromatic N) is 2. The van der Waals surface area contributed by atoms with Gasteiger partial charge in [0.05, 0.1) is 6.42 Å². The fourth-order valence-electron chi connectivity index (χ4n) is 4.80. The van der Waals surface area contributed by atoms with E-state index in [1.807, 2.05) is 36.4 Å². The van der Waals surface area contributed by atoms with Gasteiger partial charge in [-0.25, -0.2) is 4.39 Å². The van der Waals surface area contributed by atoms with Gasteiger partial charge in [0.2, 0.25) is 5.91 Å². The van der Waals surface area contributed by atoms with Crippen molar-refractivity contribution in [1.29, 1.82) is 0 Å². The standard InChI is InChI=1S/C25H20ClFN2O2/c26-20-9-7-19(8-10-20)25-16-18-3-1-2-4-22(18)24(31)29(25)14-13-28(25)23(30)15-17-5-11-21(27)12-6-17/h1-12H,13-16H2. The van der Waals surface area contributed by atoms with E-state index in [1.165, 1.54) is 12.1 Å². The van der Waals surface area contributed by atoms with Crippen molar-refractivity contribution >= 4 is 23.4 Å². The zero-order valence-corrected chi connectivity index (χ0v) is 17.5. The Balaban J connectivity index is 1.60. The van der Waals surface area contributed by atoms with Crippen molar-refractivity contribution in [3.05, 3.63) is 106 Å². The molecule has 3 aromatic rings. The number of fused-ring (bicyclic) bond motifs is 2. The van der Waals surface area contributed by atoms with Crippen molar-refractivity contribution in [1.82, 2.24) is 9.80 Å².